The van der Waals surface area contributed by atoms with Gasteiger partial charge >= 0.3 is 0 Å². The molecule has 0 saturated carbocycles. The van der Waals surface area contributed by atoms with Crippen LogP contribution in [0.1, 0.15) is 18.5 Å². The van der Waals surface area contributed by atoms with Crippen molar-refractivity contribution >= 4 is 27.3 Å². The highest BCUT2D eigenvalue weighted by Crippen LogP contribution is 2.30. The molecule has 0 aromatic carbocycles. The molecule has 1 aliphatic rings. The van der Waals surface area contributed by atoms with Gasteiger partial charge in [-0.15, -0.1) is 5.10 Å². The summed E-state index contributed by atoms with van der Waals surface area (Å²) in [5.41, 5.74) is 0.965. The second kappa shape index (κ2) is 4.48. The first-order valence-electron chi connectivity index (χ1n) is 6.37. The summed E-state index contributed by atoms with van der Waals surface area (Å²) in [5.74, 6) is 0.154. The van der Waals surface area contributed by atoms with E-state index in [1.807, 2.05) is 13.1 Å². The van der Waals surface area contributed by atoms with Gasteiger partial charge in [-0.2, -0.15) is 0 Å². The molecule has 6 nitrogen and oxygen atoms in total. The van der Waals surface area contributed by atoms with Gasteiger partial charge in [0.25, 0.3) is 0 Å². The molecule has 102 valence electrons. The predicted octanol–water partition coefficient (Wildman–Crippen LogP) is 1.16. The number of likely N-dealkylation sites (N-methyl/N-ethyl adjacent to an activating group) is 1. The molecule has 1 aliphatic heterocycles. The quantitative estimate of drug-likeness (QED) is 0.827. The highest BCUT2D eigenvalue weighted by Gasteiger charge is 2.33. The molecule has 1 fully saturated rings. The fraction of sp³-hybridized carbons (Fsp3) is 0.583. The summed E-state index contributed by atoms with van der Waals surface area (Å²) in [6.07, 6.45) is 3.84. The average molecular weight is 279 g/mol. The summed E-state index contributed by atoms with van der Waals surface area (Å²) in [5, 5.41) is 5.42. The highest BCUT2D eigenvalue weighted by molar-refractivity contribution is 7.20. The maximum Gasteiger partial charge on any atom is 0.244 e. The topological polar surface area (TPSA) is 53.7 Å². The smallest absolute Gasteiger partial charge is 0.244 e. The molecule has 1 amide bonds. The summed E-state index contributed by atoms with van der Waals surface area (Å²) < 4.78 is 1.80. The van der Waals surface area contributed by atoms with Crippen molar-refractivity contribution in [1.82, 2.24) is 19.5 Å². The Bertz CT molecular complexity index is 585. The SMILES string of the molecule is Cc1cn2nc(N3CCCC3C(=O)N(C)C)sc2n1. The van der Waals surface area contributed by atoms with Crippen LogP contribution in [0.15, 0.2) is 6.20 Å². The van der Waals surface area contributed by atoms with E-state index in [4.69, 9.17) is 0 Å². The van der Waals surface area contributed by atoms with Gasteiger partial charge in [0, 0.05) is 20.6 Å². The van der Waals surface area contributed by atoms with E-state index >= 15 is 0 Å². The first kappa shape index (κ1) is 12.4. The van der Waals surface area contributed by atoms with Crippen molar-refractivity contribution in [2.24, 2.45) is 0 Å². The number of rotatable bonds is 2. The molecular weight excluding hydrogens is 262 g/mol. The number of hydrogen-bond acceptors (Lipinski definition) is 5. The van der Waals surface area contributed by atoms with Crippen LogP contribution >= 0.6 is 11.3 Å². The normalized spacial score (nSPS) is 19.3. The number of carbonyl (C=O) groups excluding carboxylic acids is 1. The van der Waals surface area contributed by atoms with Crippen LogP contribution in [0.4, 0.5) is 5.13 Å². The third kappa shape index (κ3) is 2.07. The van der Waals surface area contributed by atoms with Gasteiger partial charge in [-0.25, -0.2) is 9.50 Å². The largest absolute Gasteiger partial charge is 0.347 e. The van der Waals surface area contributed by atoms with Crippen molar-refractivity contribution in [2.45, 2.75) is 25.8 Å². The van der Waals surface area contributed by atoms with E-state index in [1.165, 1.54) is 0 Å². The highest BCUT2D eigenvalue weighted by atomic mass is 32.1. The third-order valence-corrected chi connectivity index (χ3v) is 4.34. The molecule has 0 bridgehead atoms. The predicted molar refractivity (Wildman–Crippen MR) is 74.7 cm³/mol. The van der Waals surface area contributed by atoms with Crippen molar-refractivity contribution in [3.05, 3.63) is 11.9 Å². The van der Waals surface area contributed by atoms with Crippen LogP contribution in [0, 0.1) is 6.92 Å². The molecule has 1 saturated heterocycles. The molecule has 0 spiro atoms. The van der Waals surface area contributed by atoms with Crippen molar-refractivity contribution < 1.29 is 4.79 Å². The van der Waals surface area contributed by atoms with Crippen LogP contribution in [0.3, 0.4) is 0 Å². The summed E-state index contributed by atoms with van der Waals surface area (Å²) in [4.78, 5) is 21.2. The second-order valence-electron chi connectivity index (χ2n) is 5.08. The first-order valence-corrected chi connectivity index (χ1v) is 7.18. The van der Waals surface area contributed by atoms with Crippen molar-refractivity contribution in [1.29, 1.82) is 0 Å². The lowest BCUT2D eigenvalue weighted by molar-refractivity contribution is -0.129. The van der Waals surface area contributed by atoms with Crippen LogP contribution in [0.5, 0.6) is 0 Å². The van der Waals surface area contributed by atoms with Gasteiger partial charge in [0.15, 0.2) is 0 Å². The van der Waals surface area contributed by atoms with Gasteiger partial charge in [-0.05, 0) is 19.8 Å². The molecule has 3 heterocycles. The number of imidazole rings is 1. The summed E-state index contributed by atoms with van der Waals surface area (Å²) in [6.45, 7) is 2.84. The number of anilines is 1. The van der Waals surface area contributed by atoms with E-state index < -0.39 is 0 Å². The van der Waals surface area contributed by atoms with Crippen molar-refractivity contribution in [3.63, 3.8) is 0 Å². The third-order valence-electron chi connectivity index (χ3n) is 3.38. The molecule has 0 aliphatic carbocycles. The number of aryl methyl sites for hydroxylation is 1. The van der Waals surface area contributed by atoms with Gasteiger partial charge in [0.05, 0.1) is 11.9 Å². The molecule has 19 heavy (non-hydrogen) atoms. The fourth-order valence-corrected chi connectivity index (χ4v) is 3.47. The number of fused-ring (bicyclic) bond motifs is 1. The Balaban J connectivity index is 1.91. The molecular formula is C12H17N5OS. The van der Waals surface area contributed by atoms with Crippen molar-refractivity contribution in [2.75, 3.05) is 25.5 Å². The number of amides is 1. The van der Waals surface area contributed by atoms with Gasteiger partial charge < -0.3 is 9.80 Å². The Morgan fingerprint density at radius 2 is 2.32 bits per heavy atom. The van der Waals surface area contributed by atoms with E-state index in [0.29, 0.717) is 0 Å². The van der Waals surface area contributed by atoms with Gasteiger partial charge in [-0.3, -0.25) is 4.79 Å². The van der Waals surface area contributed by atoms with Gasteiger partial charge in [-0.1, -0.05) is 11.3 Å². The minimum absolute atomic E-state index is 0.0769. The molecule has 0 radical (unpaired) electrons. The van der Waals surface area contributed by atoms with E-state index in [1.54, 1.807) is 34.8 Å². The van der Waals surface area contributed by atoms with Crippen LogP contribution in [-0.2, 0) is 4.79 Å². The lowest BCUT2D eigenvalue weighted by Crippen LogP contribution is -2.42. The zero-order valence-corrected chi connectivity index (χ0v) is 12.1. The maximum absolute atomic E-state index is 12.2. The minimum Gasteiger partial charge on any atom is -0.347 e. The fourth-order valence-electron chi connectivity index (χ4n) is 2.47. The van der Waals surface area contributed by atoms with E-state index in [0.717, 1.165) is 35.2 Å². The molecule has 3 rings (SSSR count). The zero-order chi connectivity index (χ0) is 13.6. The van der Waals surface area contributed by atoms with Gasteiger partial charge in [0.2, 0.25) is 16.0 Å². The lowest BCUT2D eigenvalue weighted by atomic mass is 10.2. The van der Waals surface area contributed by atoms with E-state index in [2.05, 4.69) is 15.0 Å². The Morgan fingerprint density at radius 1 is 1.53 bits per heavy atom. The molecule has 7 heteroatoms. The second-order valence-corrected chi connectivity index (χ2v) is 6.01. The monoisotopic (exact) mass is 279 g/mol. The number of hydrogen-bond donors (Lipinski definition) is 0. The standard InChI is InChI=1S/C12H17N5OS/c1-8-7-17-11(13-8)19-12(14-17)16-6-4-5-9(16)10(18)15(2)3/h7,9H,4-6H2,1-3H3. The number of carbonyl (C=O) groups is 1. The van der Waals surface area contributed by atoms with Crippen LogP contribution in [-0.4, -0.2) is 52.1 Å². The molecule has 2 aromatic rings. The molecule has 1 atom stereocenters. The van der Waals surface area contributed by atoms with Gasteiger partial charge in [0.1, 0.15) is 6.04 Å². The summed E-state index contributed by atoms with van der Waals surface area (Å²) in [7, 11) is 3.60. The molecule has 1 unspecified atom stereocenters. The number of nitrogens with zero attached hydrogens (tertiary/aromatic N) is 5. The maximum atomic E-state index is 12.2. The van der Waals surface area contributed by atoms with E-state index in [-0.39, 0.29) is 11.9 Å². The number of aromatic nitrogens is 3. The Labute approximate surface area is 115 Å². The van der Waals surface area contributed by atoms with Crippen molar-refractivity contribution in [3.8, 4) is 0 Å². The van der Waals surface area contributed by atoms with Crippen LogP contribution < -0.4 is 4.90 Å². The van der Waals surface area contributed by atoms with Crippen LogP contribution in [0.25, 0.3) is 4.96 Å². The Hall–Kier alpha value is -1.63. The minimum atomic E-state index is -0.0769. The molecule has 2 aromatic heterocycles. The first-order chi connectivity index (χ1) is 9.06. The molecule has 0 N–H and O–H groups in total. The Kier molecular flexibility index (Phi) is 2.93. The zero-order valence-electron chi connectivity index (χ0n) is 11.3. The summed E-state index contributed by atoms with van der Waals surface area (Å²) >= 11 is 1.54. The van der Waals surface area contributed by atoms with E-state index in [9.17, 15) is 4.79 Å². The summed E-state index contributed by atoms with van der Waals surface area (Å²) in [6, 6.07) is -0.0769. The average Bonchev–Trinajstić information content (AvgIpc) is 2.99. The lowest BCUT2D eigenvalue weighted by Gasteiger charge is -2.25. The Morgan fingerprint density at radius 3 is 3.00 bits per heavy atom. The van der Waals surface area contributed by atoms with Crippen LogP contribution in [0.2, 0.25) is 0 Å².